The molecule has 18 heavy (non-hydrogen) atoms. The first-order valence-electron chi connectivity index (χ1n) is 5.67. The summed E-state index contributed by atoms with van der Waals surface area (Å²) in [6, 6.07) is 1.35. The normalized spacial score (nSPS) is 10.2. The van der Waals surface area contributed by atoms with Crippen molar-refractivity contribution in [3.8, 4) is 0 Å². The SMILES string of the molecule is CC(C)NC(=O)CCNC(=O)c1ccncc1F. The van der Waals surface area contributed by atoms with E-state index in [1.807, 2.05) is 13.8 Å². The van der Waals surface area contributed by atoms with Crippen molar-refractivity contribution in [1.29, 1.82) is 0 Å². The molecule has 2 N–H and O–H groups in total. The second-order valence-corrected chi connectivity index (χ2v) is 4.08. The summed E-state index contributed by atoms with van der Waals surface area (Å²) in [4.78, 5) is 26.4. The summed E-state index contributed by atoms with van der Waals surface area (Å²) in [7, 11) is 0. The average Bonchev–Trinajstić information content (AvgIpc) is 2.28. The van der Waals surface area contributed by atoms with Crippen LogP contribution in [-0.2, 0) is 4.79 Å². The zero-order valence-electron chi connectivity index (χ0n) is 10.4. The van der Waals surface area contributed by atoms with E-state index in [0.717, 1.165) is 6.20 Å². The number of pyridine rings is 1. The molecule has 0 unspecified atom stereocenters. The number of carbonyl (C=O) groups is 2. The average molecular weight is 253 g/mol. The zero-order chi connectivity index (χ0) is 13.5. The predicted octanol–water partition coefficient (Wildman–Crippen LogP) is 0.865. The van der Waals surface area contributed by atoms with Gasteiger partial charge >= 0.3 is 0 Å². The lowest BCUT2D eigenvalue weighted by molar-refractivity contribution is -0.121. The van der Waals surface area contributed by atoms with Gasteiger partial charge in [0, 0.05) is 25.2 Å². The maximum atomic E-state index is 13.2. The third kappa shape index (κ3) is 4.48. The highest BCUT2D eigenvalue weighted by atomic mass is 19.1. The van der Waals surface area contributed by atoms with E-state index in [9.17, 15) is 14.0 Å². The highest BCUT2D eigenvalue weighted by Crippen LogP contribution is 2.03. The van der Waals surface area contributed by atoms with Crippen molar-refractivity contribution in [1.82, 2.24) is 15.6 Å². The summed E-state index contributed by atoms with van der Waals surface area (Å²) in [5, 5.41) is 5.17. The minimum atomic E-state index is -0.679. The molecule has 1 heterocycles. The lowest BCUT2D eigenvalue weighted by Gasteiger charge is -2.09. The Hall–Kier alpha value is -1.98. The number of halogens is 1. The van der Waals surface area contributed by atoms with Crippen molar-refractivity contribution in [2.45, 2.75) is 26.3 Å². The molecule has 0 atom stereocenters. The second-order valence-electron chi connectivity index (χ2n) is 4.08. The third-order valence-electron chi connectivity index (χ3n) is 2.10. The Kier molecular flexibility index (Phi) is 5.23. The van der Waals surface area contributed by atoms with E-state index >= 15 is 0 Å². The monoisotopic (exact) mass is 253 g/mol. The van der Waals surface area contributed by atoms with Gasteiger partial charge < -0.3 is 10.6 Å². The van der Waals surface area contributed by atoms with Gasteiger partial charge in [0.15, 0.2) is 5.82 Å². The van der Waals surface area contributed by atoms with Crippen LogP contribution in [0.2, 0.25) is 0 Å². The van der Waals surface area contributed by atoms with Crippen LogP contribution in [0.15, 0.2) is 18.5 Å². The van der Waals surface area contributed by atoms with E-state index in [-0.39, 0.29) is 30.5 Å². The van der Waals surface area contributed by atoms with E-state index < -0.39 is 11.7 Å². The van der Waals surface area contributed by atoms with Crippen LogP contribution in [0.4, 0.5) is 4.39 Å². The van der Waals surface area contributed by atoms with Gasteiger partial charge in [-0.3, -0.25) is 14.6 Å². The highest BCUT2D eigenvalue weighted by molar-refractivity contribution is 5.94. The standard InChI is InChI=1S/C12H16FN3O2/c1-8(2)16-11(17)4-6-15-12(18)9-3-5-14-7-10(9)13/h3,5,7-8H,4,6H2,1-2H3,(H,15,18)(H,16,17). The van der Waals surface area contributed by atoms with Crippen molar-refractivity contribution in [3.63, 3.8) is 0 Å². The minimum absolute atomic E-state index is 0.0610. The van der Waals surface area contributed by atoms with E-state index in [1.165, 1.54) is 12.3 Å². The number of hydrogen-bond acceptors (Lipinski definition) is 3. The number of amides is 2. The maximum Gasteiger partial charge on any atom is 0.254 e. The van der Waals surface area contributed by atoms with E-state index in [1.54, 1.807) is 0 Å². The van der Waals surface area contributed by atoms with Crippen molar-refractivity contribution in [2.24, 2.45) is 0 Å². The minimum Gasteiger partial charge on any atom is -0.354 e. The fraction of sp³-hybridized carbons (Fsp3) is 0.417. The number of aromatic nitrogens is 1. The van der Waals surface area contributed by atoms with Gasteiger partial charge in [-0.15, -0.1) is 0 Å². The van der Waals surface area contributed by atoms with Gasteiger partial charge in [-0.1, -0.05) is 0 Å². The Morgan fingerprint density at radius 3 is 2.78 bits per heavy atom. The molecule has 6 heteroatoms. The van der Waals surface area contributed by atoms with Crippen molar-refractivity contribution in [2.75, 3.05) is 6.54 Å². The van der Waals surface area contributed by atoms with Gasteiger partial charge in [0.05, 0.1) is 11.8 Å². The lowest BCUT2D eigenvalue weighted by atomic mass is 10.2. The maximum absolute atomic E-state index is 13.2. The van der Waals surface area contributed by atoms with E-state index in [0.29, 0.717) is 0 Å². The smallest absolute Gasteiger partial charge is 0.254 e. The molecule has 0 aliphatic carbocycles. The largest absolute Gasteiger partial charge is 0.354 e. The van der Waals surface area contributed by atoms with Crippen LogP contribution in [0.3, 0.4) is 0 Å². The van der Waals surface area contributed by atoms with Gasteiger partial charge in [-0.05, 0) is 19.9 Å². The summed E-state index contributed by atoms with van der Waals surface area (Å²) in [5.74, 6) is -1.38. The Morgan fingerprint density at radius 1 is 1.44 bits per heavy atom. The molecule has 0 aliphatic rings. The Balaban J connectivity index is 2.39. The quantitative estimate of drug-likeness (QED) is 0.817. The summed E-state index contributed by atoms with van der Waals surface area (Å²) in [6.07, 6.45) is 2.47. The zero-order valence-corrected chi connectivity index (χ0v) is 10.4. The fourth-order valence-electron chi connectivity index (χ4n) is 1.34. The van der Waals surface area contributed by atoms with Crippen LogP contribution in [0.1, 0.15) is 30.6 Å². The molecule has 0 aliphatic heterocycles. The van der Waals surface area contributed by atoms with Crippen LogP contribution in [0.5, 0.6) is 0 Å². The van der Waals surface area contributed by atoms with Crippen LogP contribution in [0.25, 0.3) is 0 Å². The molecule has 1 aromatic rings. The predicted molar refractivity (Wildman–Crippen MR) is 64.4 cm³/mol. The number of carbonyl (C=O) groups excluding carboxylic acids is 2. The van der Waals surface area contributed by atoms with Crippen LogP contribution in [-0.4, -0.2) is 29.4 Å². The van der Waals surface area contributed by atoms with Gasteiger partial charge in [0.25, 0.3) is 5.91 Å². The van der Waals surface area contributed by atoms with E-state index in [2.05, 4.69) is 15.6 Å². The lowest BCUT2D eigenvalue weighted by Crippen LogP contribution is -2.34. The Morgan fingerprint density at radius 2 is 2.17 bits per heavy atom. The Labute approximate surface area is 105 Å². The topological polar surface area (TPSA) is 71.1 Å². The van der Waals surface area contributed by atoms with Crippen molar-refractivity contribution < 1.29 is 14.0 Å². The summed E-state index contributed by atoms with van der Waals surface area (Å²) < 4.78 is 13.2. The molecule has 0 saturated carbocycles. The van der Waals surface area contributed by atoms with E-state index in [4.69, 9.17) is 0 Å². The number of nitrogens with zero attached hydrogens (tertiary/aromatic N) is 1. The molecular formula is C12H16FN3O2. The molecule has 1 rings (SSSR count). The third-order valence-corrected chi connectivity index (χ3v) is 2.10. The number of rotatable bonds is 5. The molecule has 1 aromatic heterocycles. The highest BCUT2D eigenvalue weighted by Gasteiger charge is 2.11. The van der Waals surface area contributed by atoms with Gasteiger partial charge in [-0.2, -0.15) is 0 Å². The molecule has 98 valence electrons. The molecule has 0 aromatic carbocycles. The van der Waals surface area contributed by atoms with Crippen molar-refractivity contribution >= 4 is 11.8 Å². The molecule has 2 amide bonds. The fourth-order valence-corrected chi connectivity index (χ4v) is 1.34. The first-order valence-corrected chi connectivity index (χ1v) is 5.67. The summed E-state index contributed by atoms with van der Waals surface area (Å²) >= 11 is 0. The van der Waals surface area contributed by atoms with Gasteiger partial charge in [-0.25, -0.2) is 4.39 Å². The van der Waals surface area contributed by atoms with Crippen molar-refractivity contribution in [3.05, 3.63) is 29.8 Å². The van der Waals surface area contributed by atoms with Gasteiger partial charge in [0.1, 0.15) is 0 Å². The molecule has 0 fully saturated rings. The number of hydrogen-bond donors (Lipinski definition) is 2. The molecular weight excluding hydrogens is 237 g/mol. The number of nitrogens with one attached hydrogen (secondary N) is 2. The van der Waals surface area contributed by atoms with Crippen LogP contribution >= 0.6 is 0 Å². The summed E-state index contributed by atoms with van der Waals surface area (Å²) in [5.41, 5.74) is -0.0748. The molecule has 0 radical (unpaired) electrons. The van der Waals surface area contributed by atoms with Gasteiger partial charge in [0.2, 0.25) is 5.91 Å². The second kappa shape index (κ2) is 6.68. The first-order chi connectivity index (χ1) is 8.50. The molecule has 0 saturated heterocycles. The first kappa shape index (κ1) is 14.1. The molecule has 5 nitrogen and oxygen atoms in total. The summed E-state index contributed by atoms with van der Waals surface area (Å²) in [6.45, 7) is 3.87. The Bertz CT molecular complexity index is 435. The molecule has 0 spiro atoms. The van der Waals surface area contributed by atoms with Crippen LogP contribution in [0, 0.1) is 5.82 Å². The molecule has 0 bridgehead atoms. The van der Waals surface area contributed by atoms with Crippen LogP contribution < -0.4 is 10.6 Å².